The van der Waals surface area contributed by atoms with E-state index in [1.807, 2.05) is 6.92 Å². The van der Waals surface area contributed by atoms with Crippen molar-refractivity contribution in [3.63, 3.8) is 0 Å². The molecule has 2 N–H and O–H groups in total. The van der Waals surface area contributed by atoms with Crippen LogP contribution in [0.1, 0.15) is 16.2 Å². The second-order valence-corrected chi connectivity index (χ2v) is 3.87. The molecule has 0 atom stereocenters. The van der Waals surface area contributed by atoms with Crippen LogP contribution in [0.4, 0.5) is 0 Å². The van der Waals surface area contributed by atoms with E-state index in [4.69, 9.17) is 10.5 Å². The number of hydrogen-bond donors (Lipinski definition) is 1. The van der Waals surface area contributed by atoms with E-state index in [-0.39, 0.29) is 5.91 Å². The Hall–Kier alpha value is -1.40. The van der Waals surface area contributed by atoms with Gasteiger partial charge in [0.15, 0.2) is 0 Å². The lowest BCUT2D eigenvalue weighted by atomic mass is 10.3. The van der Waals surface area contributed by atoms with E-state index >= 15 is 0 Å². The molecular weight excluding hydrogens is 220 g/mol. The summed E-state index contributed by atoms with van der Waals surface area (Å²) < 4.78 is 6.57. The number of nitrogens with zero attached hydrogens (tertiary/aromatic N) is 3. The molecule has 96 valence electrons. The zero-order chi connectivity index (χ0) is 12.8. The summed E-state index contributed by atoms with van der Waals surface area (Å²) in [7, 11) is 3.37. The number of hydrogen-bond acceptors (Lipinski definition) is 4. The van der Waals surface area contributed by atoms with Gasteiger partial charge in [-0.05, 0) is 13.0 Å². The van der Waals surface area contributed by atoms with Crippen LogP contribution in [0.25, 0.3) is 0 Å². The summed E-state index contributed by atoms with van der Waals surface area (Å²) in [5, 5.41) is 4.16. The fourth-order valence-corrected chi connectivity index (χ4v) is 1.64. The molecule has 0 saturated heterocycles. The van der Waals surface area contributed by atoms with Crippen LogP contribution in [-0.2, 0) is 11.8 Å². The summed E-state index contributed by atoms with van der Waals surface area (Å²) in [5.74, 6) is -0.0596. The number of rotatable bonds is 6. The van der Waals surface area contributed by atoms with Gasteiger partial charge in [0.2, 0.25) is 0 Å². The summed E-state index contributed by atoms with van der Waals surface area (Å²) in [6.45, 7) is 3.86. The van der Waals surface area contributed by atoms with Crippen LogP contribution in [0.15, 0.2) is 6.07 Å². The lowest BCUT2D eigenvalue weighted by molar-refractivity contribution is 0.0690. The Morgan fingerprint density at radius 2 is 2.29 bits per heavy atom. The highest BCUT2D eigenvalue weighted by molar-refractivity contribution is 5.92. The van der Waals surface area contributed by atoms with Crippen molar-refractivity contribution in [3.05, 3.63) is 17.5 Å². The van der Waals surface area contributed by atoms with Gasteiger partial charge in [-0.2, -0.15) is 5.10 Å². The third-order valence-electron chi connectivity index (χ3n) is 2.47. The minimum atomic E-state index is -0.0596. The molecule has 1 aromatic heterocycles. The smallest absolute Gasteiger partial charge is 0.272 e. The highest BCUT2D eigenvalue weighted by Gasteiger charge is 2.18. The Kier molecular flexibility index (Phi) is 5.11. The van der Waals surface area contributed by atoms with Crippen molar-refractivity contribution in [1.82, 2.24) is 14.7 Å². The van der Waals surface area contributed by atoms with Gasteiger partial charge in [-0.3, -0.25) is 9.48 Å². The summed E-state index contributed by atoms with van der Waals surface area (Å²) >= 11 is 0. The molecule has 1 aromatic rings. The molecule has 1 amide bonds. The second kappa shape index (κ2) is 6.36. The first-order chi connectivity index (χ1) is 8.10. The number of nitrogens with two attached hydrogens (primary N) is 1. The Morgan fingerprint density at radius 3 is 2.76 bits per heavy atom. The summed E-state index contributed by atoms with van der Waals surface area (Å²) in [6, 6.07) is 1.78. The first kappa shape index (κ1) is 13.7. The van der Waals surface area contributed by atoms with Crippen LogP contribution in [0, 0.1) is 6.92 Å². The van der Waals surface area contributed by atoms with E-state index in [9.17, 15) is 4.79 Å². The van der Waals surface area contributed by atoms with Crippen molar-refractivity contribution in [1.29, 1.82) is 0 Å². The van der Waals surface area contributed by atoms with Gasteiger partial charge in [-0.25, -0.2) is 0 Å². The number of aromatic nitrogens is 2. The number of carbonyl (C=O) groups is 1. The van der Waals surface area contributed by atoms with E-state index < -0.39 is 0 Å². The van der Waals surface area contributed by atoms with Crippen molar-refractivity contribution in [3.8, 4) is 0 Å². The molecule has 0 radical (unpaired) electrons. The van der Waals surface area contributed by atoms with Crippen LogP contribution in [-0.4, -0.2) is 53.9 Å². The molecule has 0 unspecified atom stereocenters. The fourth-order valence-electron chi connectivity index (χ4n) is 1.64. The lowest BCUT2D eigenvalue weighted by Gasteiger charge is -2.21. The number of methoxy groups -OCH3 is 1. The standard InChI is InChI=1S/C11H20N4O2/c1-9-8-10(14(2)13-9)11(16)15(5-4-12)6-7-17-3/h8H,4-7,12H2,1-3H3. The van der Waals surface area contributed by atoms with E-state index in [0.717, 1.165) is 5.69 Å². The van der Waals surface area contributed by atoms with E-state index in [1.54, 1.807) is 29.8 Å². The molecule has 6 nitrogen and oxygen atoms in total. The van der Waals surface area contributed by atoms with Crippen molar-refractivity contribution < 1.29 is 9.53 Å². The predicted molar refractivity (Wildman–Crippen MR) is 64.8 cm³/mol. The van der Waals surface area contributed by atoms with Crippen molar-refractivity contribution >= 4 is 5.91 Å². The Balaban J connectivity index is 2.79. The number of aryl methyl sites for hydroxylation is 2. The average molecular weight is 240 g/mol. The molecule has 0 saturated carbocycles. The summed E-state index contributed by atoms with van der Waals surface area (Å²) in [5.41, 5.74) is 6.91. The van der Waals surface area contributed by atoms with E-state index in [0.29, 0.717) is 31.9 Å². The largest absolute Gasteiger partial charge is 0.383 e. The van der Waals surface area contributed by atoms with Gasteiger partial charge in [-0.15, -0.1) is 0 Å². The van der Waals surface area contributed by atoms with Gasteiger partial charge in [0.25, 0.3) is 5.91 Å². The first-order valence-electron chi connectivity index (χ1n) is 5.59. The van der Waals surface area contributed by atoms with Crippen LogP contribution in [0.5, 0.6) is 0 Å². The first-order valence-corrected chi connectivity index (χ1v) is 5.59. The molecule has 17 heavy (non-hydrogen) atoms. The third-order valence-corrected chi connectivity index (χ3v) is 2.47. The summed E-state index contributed by atoms with van der Waals surface area (Å²) in [4.78, 5) is 13.9. The Morgan fingerprint density at radius 1 is 1.59 bits per heavy atom. The van der Waals surface area contributed by atoms with E-state index in [1.165, 1.54) is 0 Å². The molecule has 0 fully saturated rings. The van der Waals surface area contributed by atoms with E-state index in [2.05, 4.69) is 5.10 Å². The molecule has 0 aliphatic carbocycles. The molecule has 0 aliphatic rings. The van der Waals surface area contributed by atoms with Gasteiger partial charge < -0.3 is 15.4 Å². The van der Waals surface area contributed by atoms with Gasteiger partial charge in [-0.1, -0.05) is 0 Å². The van der Waals surface area contributed by atoms with Gasteiger partial charge in [0.05, 0.1) is 12.3 Å². The third kappa shape index (κ3) is 3.54. The summed E-state index contributed by atoms with van der Waals surface area (Å²) in [6.07, 6.45) is 0. The van der Waals surface area contributed by atoms with Crippen molar-refractivity contribution in [2.45, 2.75) is 6.92 Å². The van der Waals surface area contributed by atoms with Crippen LogP contribution in [0.2, 0.25) is 0 Å². The molecule has 6 heteroatoms. The molecule has 0 bridgehead atoms. The zero-order valence-electron chi connectivity index (χ0n) is 10.6. The van der Waals surface area contributed by atoms with Gasteiger partial charge in [0, 0.05) is 33.8 Å². The molecular formula is C11H20N4O2. The minimum Gasteiger partial charge on any atom is -0.383 e. The molecule has 0 spiro atoms. The Bertz CT molecular complexity index is 376. The normalized spacial score (nSPS) is 10.6. The lowest BCUT2D eigenvalue weighted by Crippen LogP contribution is -2.38. The highest BCUT2D eigenvalue weighted by Crippen LogP contribution is 2.06. The van der Waals surface area contributed by atoms with Crippen LogP contribution < -0.4 is 5.73 Å². The highest BCUT2D eigenvalue weighted by atomic mass is 16.5. The molecule has 1 heterocycles. The molecule has 1 rings (SSSR count). The maximum Gasteiger partial charge on any atom is 0.272 e. The van der Waals surface area contributed by atoms with Crippen molar-refractivity contribution in [2.75, 3.05) is 33.4 Å². The van der Waals surface area contributed by atoms with Gasteiger partial charge >= 0.3 is 0 Å². The quantitative estimate of drug-likeness (QED) is 0.746. The fraction of sp³-hybridized carbons (Fsp3) is 0.636. The zero-order valence-corrected chi connectivity index (χ0v) is 10.6. The molecule has 0 aliphatic heterocycles. The molecule has 0 aromatic carbocycles. The Labute approximate surface area is 101 Å². The topological polar surface area (TPSA) is 73.4 Å². The average Bonchev–Trinajstić information content (AvgIpc) is 2.63. The van der Waals surface area contributed by atoms with Crippen LogP contribution in [0.3, 0.4) is 0 Å². The number of carbonyl (C=O) groups excluding carboxylic acids is 1. The van der Waals surface area contributed by atoms with Crippen molar-refractivity contribution in [2.24, 2.45) is 12.8 Å². The van der Waals surface area contributed by atoms with Crippen LogP contribution >= 0.6 is 0 Å². The predicted octanol–water partition coefficient (Wildman–Crippen LogP) is -0.224. The SMILES string of the molecule is COCCN(CCN)C(=O)c1cc(C)nn1C. The number of amides is 1. The van der Waals surface area contributed by atoms with Gasteiger partial charge in [0.1, 0.15) is 5.69 Å². The maximum absolute atomic E-state index is 12.2. The monoisotopic (exact) mass is 240 g/mol. The maximum atomic E-state index is 12.2. The number of ether oxygens (including phenoxy) is 1. The second-order valence-electron chi connectivity index (χ2n) is 3.87. The minimum absolute atomic E-state index is 0.0596.